The topological polar surface area (TPSA) is 104 Å². The molecule has 0 aliphatic carbocycles. The Bertz CT molecular complexity index is 496. The molecular weight excluding hydrogens is 256 g/mol. The molecule has 4 N–H and O–H groups in total. The van der Waals surface area contributed by atoms with Gasteiger partial charge in [0.25, 0.3) is 0 Å². The van der Waals surface area contributed by atoms with Crippen molar-refractivity contribution in [2.45, 2.75) is 11.8 Å². The smallest absolute Gasteiger partial charge is 0.243 e. The van der Waals surface area contributed by atoms with Gasteiger partial charge >= 0.3 is 0 Å². The standard InChI is InChI=1S/C11H18N2O4S/c1-9-2-3-10(8-11(9)12)18(16,17)13(4-6-14)5-7-15/h2-3,8,14-15H,4-7,12H2,1H3. The highest BCUT2D eigenvalue weighted by Crippen LogP contribution is 2.20. The minimum absolute atomic E-state index is 0.0589. The van der Waals surface area contributed by atoms with Crippen LogP contribution in [0.4, 0.5) is 5.69 Å². The maximum atomic E-state index is 12.2. The molecule has 0 atom stereocenters. The molecule has 1 aromatic carbocycles. The Morgan fingerprint density at radius 3 is 2.22 bits per heavy atom. The number of rotatable bonds is 6. The Morgan fingerprint density at radius 2 is 1.78 bits per heavy atom. The molecule has 0 saturated carbocycles. The van der Waals surface area contributed by atoms with Crippen molar-refractivity contribution >= 4 is 15.7 Å². The van der Waals surface area contributed by atoms with E-state index in [9.17, 15) is 8.42 Å². The lowest BCUT2D eigenvalue weighted by molar-refractivity contribution is 0.217. The van der Waals surface area contributed by atoms with Gasteiger partial charge in [0.15, 0.2) is 0 Å². The summed E-state index contributed by atoms with van der Waals surface area (Å²) in [6, 6.07) is 4.47. The Labute approximate surface area is 107 Å². The number of sulfonamides is 1. The highest BCUT2D eigenvalue weighted by atomic mass is 32.2. The first kappa shape index (κ1) is 14.9. The number of benzene rings is 1. The van der Waals surface area contributed by atoms with Gasteiger partial charge in [-0.1, -0.05) is 6.07 Å². The summed E-state index contributed by atoms with van der Waals surface area (Å²) in [6.07, 6.45) is 0. The van der Waals surface area contributed by atoms with Crippen LogP contribution in [0.15, 0.2) is 23.1 Å². The van der Waals surface area contributed by atoms with Crippen LogP contribution in [0.25, 0.3) is 0 Å². The molecule has 0 amide bonds. The Balaban J connectivity index is 3.13. The first-order valence-corrected chi connectivity index (χ1v) is 6.95. The van der Waals surface area contributed by atoms with Crippen LogP contribution in [-0.2, 0) is 10.0 Å². The van der Waals surface area contributed by atoms with Crippen molar-refractivity contribution < 1.29 is 18.6 Å². The van der Waals surface area contributed by atoms with E-state index in [2.05, 4.69) is 0 Å². The van der Waals surface area contributed by atoms with E-state index < -0.39 is 10.0 Å². The molecule has 0 bridgehead atoms. The predicted molar refractivity (Wildman–Crippen MR) is 68.5 cm³/mol. The number of aliphatic hydroxyl groups excluding tert-OH is 2. The maximum Gasteiger partial charge on any atom is 0.243 e. The average molecular weight is 274 g/mol. The van der Waals surface area contributed by atoms with E-state index in [0.29, 0.717) is 5.69 Å². The monoisotopic (exact) mass is 274 g/mol. The van der Waals surface area contributed by atoms with Crippen LogP contribution in [0.2, 0.25) is 0 Å². The number of hydrogen-bond donors (Lipinski definition) is 3. The summed E-state index contributed by atoms with van der Waals surface area (Å²) in [7, 11) is -3.73. The van der Waals surface area contributed by atoms with E-state index in [0.717, 1.165) is 9.87 Å². The maximum absolute atomic E-state index is 12.2. The summed E-state index contributed by atoms with van der Waals surface area (Å²) in [5.41, 5.74) is 6.87. The zero-order chi connectivity index (χ0) is 13.8. The first-order chi connectivity index (χ1) is 8.43. The molecule has 0 aromatic heterocycles. The summed E-state index contributed by atoms with van der Waals surface area (Å²) >= 11 is 0. The van der Waals surface area contributed by atoms with Crippen LogP contribution in [0.5, 0.6) is 0 Å². The number of nitrogens with two attached hydrogens (primary N) is 1. The van der Waals surface area contributed by atoms with Gasteiger partial charge in [0.2, 0.25) is 10.0 Å². The summed E-state index contributed by atoms with van der Waals surface area (Å²) in [5.74, 6) is 0. The van der Waals surface area contributed by atoms with Gasteiger partial charge in [-0.3, -0.25) is 0 Å². The van der Waals surface area contributed by atoms with Crippen molar-refractivity contribution in [2.24, 2.45) is 0 Å². The van der Waals surface area contributed by atoms with Gasteiger partial charge in [0.1, 0.15) is 0 Å². The third-order valence-electron chi connectivity index (χ3n) is 2.59. The summed E-state index contributed by atoms with van der Waals surface area (Å²) in [6.45, 7) is 1.06. The molecule has 18 heavy (non-hydrogen) atoms. The fraction of sp³-hybridized carbons (Fsp3) is 0.455. The van der Waals surface area contributed by atoms with Crippen molar-refractivity contribution in [2.75, 3.05) is 32.0 Å². The molecule has 0 fully saturated rings. The highest BCUT2D eigenvalue weighted by molar-refractivity contribution is 7.89. The number of hydrogen-bond acceptors (Lipinski definition) is 5. The second-order valence-electron chi connectivity index (χ2n) is 3.87. The Hall–Kier alpha value is -1.15. The normalized spacial score (nSPS) is 12.0. The van der Waals surface area contributed by atoms with Gasteiger partial charge in [-0.25, -0.2) is 8.42 Å². The van der Waals surface area contributed by atoms with Crippen molar-refractivity contribution in [1.82, 2.24) is 4.31 Å². The van der Waals surface area contributed by atoms with Gasteiger partial charge in [-0.2, -0.15) is 4.31 Å². The lowest BCUT2D eigenvalue weighted by Gasteiger charge is -2.20. The van der Waals surface area contributed by atoms with Crippen LogP contribution in [0, 0.1) is 6.92 Å². The number of nitrogen functional groups attached to an aromatic ring is 1. The third kappa shape index (κ3) is 3.20. The van der Waals surface area contributed by atoms with Crippen LogP contribution in [-0.4, -0.2) is 49.2 Å². The highest BCUT2D eigenvalue weighted by Gasteiger charge is 2.23. The quantitative estimate of drug-likeness (QED) is 0.610. The molecule has 0 radical (unpaired) electrons. The van der Waals surface area contributed by atoms with E-state index >= 15 is 0 Å². The lowest BCUT2D eigenvalue weighted by Crippen LogP contribution is -2.35. The zero-order valence-corrected chi connectivity index (χ0v) is 11.0. The van der Waals surface area contributed by atoms with Crippen LogP contribution >= 0.6 is 0 Å². The van der Waals surface area contributed by atoms with E-state index in [1.807, 2.05) is 0 Å². The Kier molecular flexibility index (Phi) is 5.09. The molecule has 102 valence electrons. The number of anilines is 1. The second-order valence-corrected chi connectivity index (χ2v) is 5.81. The fourth-order valence-corrected chi connectivity index (χ4v) is 2.96. The molecule has 1 aromatic rings. The van der Waals surface area contributed by atoms with Crippen molar-refractivity contribution in [3.8, 4) is 0 Å². The molecule has 7 heteroatoms. The van der Waals surface area contributed by atoms with Crippen LogP contribution in [0.1, 0.15) is 5.56 Å². The SMILES string of the molecule is Cc1ccc(S(=O)(=O)N(CCO)CCO)cc1N. The van der Waals surface area contributed by atoms with Gasteiger partial charge in [-0.05, 0) is 24.6 Å². The van der Waals surface area contributed by atoms with Crippen molar-refractivity contribution in [3.05, 3.63) is 23.8 Å². The molecule has 1 rings (SSSR count). The Morgan fingerprint density at radius 1 is 1.22 bits per heavy atom. The third-order valence-corrected chi connectivity index (χ3v) is 4.48. The molecule has 0 aliphatic heterocycles. The molecule has 6 nitrogen and oxygen atoms in total. The minimum atomic E-state index is -3.73. The van der Waals surface area contributed by atoms with Crippen LogP contribution < -0.4 is 5.73 Å². The van der Waals surface area contributed by atoms with Crippen LogP contribution in [0.3, 0.4) is 0 Å². The molecule has 0 unspecified atom stereocenters. The molecule has 0 aliphatic rings. The average Bonchev–Trinajstić information content (AvgIpc) is 2.32. The number of aliphatic hydroxyl groups is 2. The molecule has 0 saturated heterocycles. The van der Waals surface area contributed by atoms with Gasteiger partial charge in [-0.15, -0.1) is 0 Å². The molecular formula is C11H18N2O4S. The summed E-state index contributed by atoms with van der Waals surface area (Å²) < 4.78 is 25.5. The second kappa shape index (κ2) is 6.14. The minimum Gasteiger partial charge on any atom is -0.398 e. The number of nitrogens with zero attached hydrogens (tertiary/aromatic N) is 1. The summed E-state index contributed by atoms with van der Waals surface area (Å²) in [5, 5.41) is 17.7. The van der Waals surface area contributed by atoms with E-state index in [1.54, 1.807) is 13.0 Å². The van der Waals surface area contributed by atoms with Gasteiger partial charge in [0.05, 0.1) is 18.1 Å². The van der Waals surface area contributed by atoms with E-state index in [-0.39, 0.29) is 31.2 Å². The molecule has 0 spiro atoms. The van der Waals surface area contributed by atoms with Crippen molar-refractivity contribution in [3.63, 3.8) is 0 Å². The largest absolute Gasteiger partial charge is 0.398 e. The van der Waals surface area contributed by atoms with Gasteiger partial charge < -0.3 is 15.9 Å². The zero-order valence-electron chi connectivity index (χ0n) is 10.2. The molecule has 0 heterocycles. The van der Waals surface area contributed by atoms with E-state index in [1.165, 1.54) is 12.1 Å². The summed E-state index contributed by atoms with van der Waals surface area (Å²) in [4.78, 5) is 0.0625. The lowest BCUT2D eigenvalue weighted by atomic mass is 10.2. The van der Waals surface area contributed by atoms with Crippen molar-refractivity contribution in [1.29, 1.82) is 0 Å². The predicted octanol–water partition coefficient (Wildman–Crippen LogP) is -0.447. The first-order valence-electron chi connectivity index (χ1n) is 5.51. The fourth-order valence-electron chi connectivity index (χ4n) is 1.50. The number of aryl methyl sites for hydroxylation is 1. The van der Waals surface area contributed by atoms with E-state index in [4.69, 9.17) is 15.9 Å². The van der Waals surface area contributed by atoms with Gasteiger partial charge in [0, 0.05) is 18.8 Å².